The molecule has 0 aliphatic carbocycles. The molecule has 0 saturated carbocycles. The van der Waals surface area contributed by atoms with Crippen LogP contribution in [0.3, 0.4) is 0 Å². The van der Waals surface area contributed by atoms with Crippen LogP contribution in [0.5, 0.6) is 11.5 Å². The van der Waals surface area contributed by atoms with Crippen molar-refractivity contribution in [2.75, 3.05) is 27.8 Å². The third kappa shape index (κ3) is 6.28. The van der Waals surface area contributed by atoms with Crippen LogP contribution >= 0.6 is 11.6 Å². The summed E-state index contributed by atoms with van der Waals surface area (Å²) >= 11 is 6.09. The molecule has 9 heteroatoms. The lowest BCUT2D eigenvalue weighted by molar-refractivity contribution is -0.130. The molecule has 7 nitrogen and oxygen atoms in total. The van der Waals surface area contributed by atoms with Crippen LogP contribution in [0.25, 0.3) is 0 Å². The summed E-state index contributed by atoms with van der Waals surface area (Å²) in [5.41, 5.74) is 1.64. The molecule has 0 aliphatic heterocycles. The number of likely N-dealkylation sites (N-methyl/N-ethyl adjacent to an activating group) is 1. The number of carbonyl (C=O) groups is 1. The Morgan fingerprint density at radius 2 is 1.53 bits per heavy atom. The predicted molar refractivity (Wildman–Crippen MR) is 132 cm³/mol. The van der Waals surface area contributed by atoms with Gasteiger partial charge in [0.25, 0.3) is 0 Å². The summed E-state index contributed by atoms with van der Waals surface area (Å²) in [5, 5.41) is 0.252. The first-order chi connectivity index (χ1) is 16.2. The average Bonchev–Trinajstić information content (AvgIpc) is 2.84. The summed E-state index contributed by atoms with van der Waals surface area (Å²) in [6.07, 6.45) is 0. The summed E-state index contributed by atoms with van der Waals surface area (Å²) in [7, 11) is 0.495. The van der Waals surface area contributed by atoms with Crippen LogP contribution in [0.4, 0.5) is 0 Å². The van der Waals surface area contributed by atoms with Gasteiger partial charge in [0, 0.05) is 25.2 Å². The minimum absolute atomic E-state index is 0.0148. The molecule has 0 radical (unpaired) electrons. The fourth-order valence-electron chi connectivity index (χ4n) is 3.37. The number of hydrogen-bond donors (Lipinski definition) is 0. The number of rotatable bonds is 10. The van der Waals surface area contributed by atoms with Gasteiger partial charge in [0.1, 0.15) is 16.4 Å². The van der Waals surface area contributed by atoms with Gasteiger partial charge in [0.05, 0.1) is 20.8 Å². The van der Waals surface area contributed by atoms with Crippen LogP contribution < -0.4 is 9.47 Å². The molecule has 0 N–H and O–H groups in total. The van der Waals surface area contributed by atoms with E-state index < -0.39 is 10.0 Å². The number of carbonyl (C=O) groups excluding carboxylic acids is 1. The molecule has 3 aromatic rings. The maximum atomic E-state index is 13.7. The second-order valence-corrected chi connectivity index (χ2v) is 9.99. The first-order valence-electron chi connectivity index (χ1n) is 10.5. The van der Waals surface area contributed by atoms with E-state index in [-0.39, 0.29) is 34.7 Å². The molecule has 0 spiro atoms. The third-order valence-electron chi connectivity index (χ3n) is 5.26. The molecule has 34 heavy (non-hydrogen) atoms. The number of nitrogens with zero attached hydrogens (tertiary/aromatic N) is 2. The van der Waals surface area contributed by atoms with E-state index in [0.717, 1.165) is 15.4 Å². The van der Waals surface area contributed by atoms with Gasteiger partial charge in [0.2, 0.25) is 15.9 Å². The zero-order valence-corrected chi connectivity index (χ0v) is 20.8. The molecule has 3 aromatic carbocycles. The van der Waals surface area contributed by atoms with Gasteiger partial charge >= 0.3 is 0 Å². The van der Waals surface area contributed by atoms with E-state index in [1.54, 1.807) is 20.2 Å². The van der Waals surface area contributed by atoms with Crippen LogP contribution in [-0.4, -0.2) is 51.3 Å². The van der Waals surface area contributed by atoms with E-state index in [9.17, 15) is 13.2 Å². The van der Waals surface area contributed by atoms with E-state index in [4.69, 9.17) is 21.1 Å². The Morgan fingerprint density at radius 1 is 0.882 bits per heavy atom. The molecule has 0 aromatic heterocycles. The minimum atomic E-state index is -4.12. The summed E-state index contributed by atoms with van der Waals surface area (Å²) in [5.74, 6) is 0.520. The lowest BCUT2D eigenvalue weighted by Crippen LogP contribution is -2.41. The van der Waals surface area contributed by atoms with Crippen LogP contribution in [0.1, 0.15) is 11.1 Å². The van der Waals surface area contributed by atoms with E-state index >= 15 is 0 Å². The van der Waals surface area contributed by atoms with Crippen molar-refractivity contribution in [1.82, 2.24) is 9.21 Å². The standard InChI is InChI=1S/C25H27ClN2O5S/c1-27(16-20-9-12-22(32-2)13-10-20)25(29)18-28(17-19-7-5-4-6-8-19)34(30,31)24-15-21(26)11-14-23(24)33-3/h4-15H,16-18H2,1-3H3. The highest BCUT2D eigenvalue weighted by molar-refractivity contribution is 7.89. The predicted octanol–water partition coefficient (Wildman–Crippen LogP) is 4.21. The Hall–Kier alpha value is -3.07. The lowest BCUT2D eigenvalue weighted by atomic mass is 10.2. The van der Waals surface area contributed by atoms with E-state index in [1.807, 2.05) is 54.6 Å². The molecule has 180 valence electrons. The number of sulfonamides is 1. The van der Waals surface area contributed by atoms with Gasteiger partial charge < -0.3 is 14.4 Å². The van der Waals surface area contributed by atoms with Crippen molar-refractivity contribution in [3.8, 4) is 11.5 Å². The fraction of sp³-hybridized carbons (Fsp3) is 0.240. The maximum Gasteiger partial charge on any atom is 0.247 e. The Kier molecular flexibility index (Phi) is 8.55. The second-order valence-electron chi connectivity index (χ2n) is 7.65. The van der Waals surface area contributed by atoms with Gasteiger partial charge in [0.15, 0.2) is 0 Å². The number of ether oxygens (including phenoxy) is 2. The molecule has 0 saturated heterocycles. The number of amides is 1. The Bertz CT molecular complexity index is 1220. The number of halogens is 1. The third-order valence-corrected chi connectivity index (χ3v) is 7.31. The Labute approximate surface area is 205 Å². The molecule has 0 bridgehead atoms. The maximum absolute atomic E-state index is 13.7. The van der Waals surface area contributed by atoms with Crippen molar-refractivity contribution in [3.63, 3.8) is 0 Å². The quantitative estimate of drug-likeness (QED) is 0.415. The molecule has 3 rings (SSSR count). The average molecular weight is 503 g/mol. The Morgan fingerprint density at radius 3 is 2.15 bits per heavy atom. The fourth-order valence-corrected chi connectivity index (χ4v) is 5.16. The van der Waals surface area contributed by atoms with Crippen molar-refractivity contribution >= 4 is 27.5 Å². The van der Waals surface area contributed by atoms with Crippen LogP contribution in [0.15, 0.2) is 77.7 Å². The van der Waals surface area contributed by atoms with Crippen molar-refractivity contribution in [2.45, 2.75) is 18.0 Å². The largest absolute Gasteiger partial charge is 0.497 e. The van der Waals surface area contributed by atoms with Crippen molar-refractivity contribution < 1.29 is 22.7 Å². The summed E-state index contributed by atoms with van der Waals surface area (Å²) < 4.78 is 38.9. The summed E-state index contributed by atoms with van der Waals surface area (Å²) in [4.78, 5) is 14.5. The number of methoxy groups -OCH3 is 2. The van der Waals surface area contributed by atoms with Crippen LogP contribution in [0.2, 0.25) is 5.02 Å². The first-order valence-corrected chi connectivity index (χ1v) is 12.3. The molecular formula is C25H27ClN2O5S. The molecule has 0 heterocycles. The molecule has 0 aliphatic rings. The number of hydrogen-bond acceptors (Lipinski definition) is 5. The van der Waals surface area contributed by atoms with Crippen LogP contribution in [-0.2, 0) is 27.9 Å². The van der Waals surface area contributed by atoms with Gasteiger partial charge in [-0.3, -0.25) is 4.79 Å². The molecule has 0 unspecified atom stereocenters. The van der Waals surface area contributed by atoms with E-state index in [0.29, 0.717) is 12.3 Å². The lowest BCUT2D eigenvalue weighted by Gasteiger charge is -2.26. The SMILES string of the molecule is COc1ccc(CN(C)C(=O)CN(Cc2ccccc2)S(=O)(=O)c2cc(Cl)ccc2OC)cc1. The second kappa shape index (κ2) is 11.4. The monoisotopic (exact) mass is 502 g/mol. The molecule has 0 fully saturated rings. The highest BCUT2D eigenvalue weighted by Gasteiger charge is 2.31. The Balaban J connectivity index is 1.88. The highest BCUT2D eigenvalue weighted by atomic mass is 35.5. The van der Waals surface area contributed by atoms with E-state index in [2.05, 4.69) is 0 Å². The van der Waals surface area contributed by atoms with Gasteiger partial charge in [-0.2, -0.15) is 4.31 Å². The van der Waals surface area contributed by atoms with E-state index in [1.165, 1.54) is 24.1 Å². The van der Waals surface area contributed by atoms with Gasteiger partial charge in [-0.1, -0.05) is 54.1 Å². The number of benzene rings is 3. The van der Waals surface area contributed by atoms with Crippen molar-refractivity contribution in [3.05, 3.63) is 88.9 Å². The van der Waals surface area contributed by atoms with Gasteiger partial charge in [-0.05, 0) is 41.5 Å². The van der Waals surface area contributed by atoms with Crippen LogP contribution in [0, 0.1) is 0 Å². The summed E-state index contributed by atoms with van der Waals surface area (Å²) in [6, 6.07) is 20.8. The highest BCUT2D eigenvalue weighted by Crippen LogP contribution is 2.30. The van der Waals surface area contributed by atoms with Crippen molar-refractivity contribution in [2.24, 2.45) is 0 Å². The first kappa shape index (κ1) is 25.6. The smallest absolute Gasteiger partial charge is 0.247 e. The zero-order chi connectivity index (χ0) is 24.7. The molecule has 1 amide bonds. The topological polar surface area (TPSA) is 76.2 Å². The van der Waals surface area contributed by atoms with Crippen molar-refractivity contribution in [1.29, 1.82) is 0 Å². The molecular weight excluding hydrogens is 476 g/mol. The van der Waals surface area contributed by atoms with Gasteiger partial charge in [-0.15, -0.1) is 0 Å². The van der Waals surface area contributed by atoms with Gasteiger partial charge in [-0.25, -0.2) is 8.42 Å². The normalized spacial score (nSPS) is 11.3. The summed E-state index contributed by atoms with van der Waals surface area (Å²) in [6.45, 7) is -0.0109. The zero-order valence-electron chi connectivity index (χ0n) is 19.3. The minimum Gasteiger partial charge on any atom is -0.497 e. The molecule has 0 atom stereocenters.